The van der Waals surface area contributed by atoms with Crippen molar-refractivity contribution in [3.63, 3.8) is 0 Å². The molecular formula is C24H24Cl2N2O4S. The molecule has 33 heavy (non-hydrogen) atoms. The first-order chi connectivity index (χ1) is 15.7. The van der Waals surface area contributed by atoms with Crippen molar-refractivity contribution in [3.05, 3.63) is 87.9 Å². The Balaban J connectivity index is 1.94. The van der Waals surface area contributed by atoms with Crippen molar-refractivity contribution >= 4 is 44.8 Å². The van der Waals surface area contributed by atoms with Crippen LogP contribution in [0.15, 0.2) is 71.6 Å². The number of halogens is 2. The lowest BCUT2D eigenvalue weighted by atomic mass is 10.1. The molecule has 1 amide bonds. The van der Waals surface area contributed by atoms with E-state index >= 15 is 0 Å². The number of carbonyl (C=O) groups is 1. The van der Waals surface area contributed by atoms with Gasteiger partial charge in [-0.3, -0.25) is 4.79 Å². The molecule has 0 radical (unpaired) electrons. The van der Waals surface area contributed by atoms with Crippen LogP contribution in [0.4, 0.5) is 5.69 Å². The van der Waals surface area contributed by atoms with Gasteiger partial charge in [0.25, 0.3) is 0 Å². The largest absolute Gasteiger partial charge is 0.492 e. The minimum absolute atomic E-state index is 0.134. The molecule has 0 bridgehead atoms. The number of hydrogen-bond acceptors (Lipinski definition) is 4. The van der Waals surface area contributed by atoms with Gasteiger partial charge in [-0.05, 0) is 67.8 Å². The summed E-state index contributed by atoms with van der Waals surface area (Å²) in [7, 11) is -4.15. The monoisotopic (exact) mass is 506 g/mol. The van der Waals surface area contributed by atoms with Crippen LogP contribution >= 0.6 is 23.2 Å². The number of ether oxygens (including phenoxy) is 1. The number of rotatable bonds is 9. The maximum atomic E-state index is 13.3. The summed E-state index contributed by atoms with van der Waals surface area (Å²) in [5, 5.41) is 3.58. The molecule has 0 spiro atoms. The van der Waals surface area contributed by atoms with Gasteiger partial charge in [0.15, 0.2) is 0 Å². The van der Waals surface area contributed by atoms with Gasteiger partial charge in [0.1, 0.15) is 16.7 Å². The van der Waals surface area contributed by atoms with E-state index in [-0.39, 0.29) is 28.7 Å². The maximum absolute atomic E-state index is 13.3. The minimum Gasteiger partial charge on any atom is -0.492 e. The van der Waals surface area contributed by atoms with Gasteiger partial charge in [-0.2, -0.15) is 4.72 Å². The Morgan fingerprint density at radius 1 is 1.00 bits per heavy atom. The summed E-state index contributed by atoms with van der Waals surface area (Å²) in [5.74, 6) is -0.352. The third-order valence-electron chi connectivity index (χ3n) is 4.84. The second-order valence-corrected chi connectivity index (χ2v) is 9.89. The molecule has 3 aromatic rings. The van der Waals surface area contributed by atoms with Crippen molar-refractivity contribution in [2.24, 2.45) is 0 Å². The Labute approximate surface area is 203 Å². The molecule has 1 atom stereocenters. The van der Waals surface area contributed by atoms with Gasteiger partial charge in [0, 0.05) is 15.7 Å². The highest BCUT2D eigenvalue weighted by Crippen LogP contribution is 2.28. The predicted octanol–water partition coefficient (Wildman–Crippen LogP) is 5.23. The topological polar surface area (TPSA) is 84.5 Å². The average molecular weight is 507 g/mol. The molecule has 6 nitrogen and oxygen atoms in total. The van der Waals surface area contributed by atoms with E-state index in [0.717, 1.165) is 11.1 Å². The second-order valence-electron chi connectivity index (χ2n) is 7.34. The second kappa shape index (κ2) is 11.0. The first-order valence-corrected chi connectivity index (χ1v) is 12.5. The fraction of sp³-hybridized carbons (Fsp3) is 0.208. The standard InChI is InChI=1S/C24H24Cl2N2O4S/c1-3-32-22-12-10-19(26)15-23(22)33(30,31)28-21(14-17-7-5-4-6-8-17)24(29)27-20-11-9-18(25)13-16(20)2/h4-13,15,21,28H,3,14H2,1-2H3,(H,27,29). The Morgan fingerprint density at radius 3 is 2.33 bits per heavy atom. The number of sulfonamides is 1. The highest BCUT2D eigenvalue weighted by molar-refractivity contribution is 7.89. The van der Waals surface area contributed by atoms with E-state index in [1.165, 1.54) is 12.1 Å². The quantitative estimate of drug-likeness (QED) is 0.416. The Kier molecular flexibility index (Phi) is 8.37. The zero-order valence-corrected chi connectivity index (χ0v) is 20.5. The molecule has 3 aromatic carbocycles. The lowest BCUT2D eigenvalue weighted by Crippen LogP contribution is -2.45. The van der Waals surface area contributed by atoms with Crippen molar-refractivity contribution in [1.82, 2.24) is 4.72 Å². The van der Waals surface area contributed by atoms with Crippen LogP contribution in [-0.2, 0) is 21.2 Å². The van der Waals surface area contributed by atoms with Crippen molar-refractivity contribution in [2.75, 3.05) is 11.9 Å². The molecule has 0 fully saturated rings. The normalized spacial score (nSPS) is 12.2. The van der Waals surface area contributed by atoms with Gasteiger partial charge in [0.2, 0.25) is 15.9 Å². The molecule has 1 unspecified atom stereocenters. The molecule has 0 aromatic heterocycles. The zero-order chi connectivity index (χ0) is 24.0. The number of amides is 1. The van der Waals surface area contributed by atoms with Crippen molar-refractivity contribution in [2.45, 2.75) is 31.2 Å². The molecule has 0 aliphatic carbocycles. The number of hydrogen-bond donors (Lipinski definition) is 2. The van der Waals surface area contributed by atoms with Gasteiger partial charge in [-0.1, -0.05) is 53.5 Å². The van der Waals surface area contributed by atoms with Crippen molar-refractivity contribution < 1.29 is 17.9 Å². The van der Waals surface area contributed by atoms with E-state index in [9.17, 15) is 13.2 Å². The summed E-state index contributed by atoms with van der Waals surface area (Å²) >= 11 is 12.1. The molecule has 0 heterocycles. The van der Waals surface area contributed by atoms with Crippen LogP contribution < -0.4 is 14.8 Å². The average Bonchev–Trinajstić information content (AvgIpc) is 2.77. The summed E-state index contributed by atoms with van der Waals surface area (Å²) in [5.41, 5.74) is 2.09. The van der Waals surface area contributed by atoms with Gasteiger partial charge in [-0.15, -0.1) is 0 Å². The number of aryl methyl sites for hydroxylation is 1. The molecule has 0 aliphatic heterocycles. The summed E-state index contributed by atoms with van der Waals surface area (Å²) in [6.07, 6.45) is 0.142. The molecule has 3 rings (SSSR count). The van der Waals surface area contributed by atoms with Crippen molar-refractivity contribution in [1.29, 1.82) is 0 Å². The van der Waals surface area contributed by atoms with Crippen LogP contribution in [0, 0.1) is 6.92 Å². The summed E-state index contributed by atoms with van der Waals surface area (Å²) < 4.78 is 34.6. The van der Waals surface area contributed by atoms with E-state index in [2.05, 4.69) is 10.0 Å². The van der Waals surface area contributed by atoms with Crippen LogP contribution in [0.25, 0.3) is 0 Å². The molecule has 0 saturated carbocycles. The smallest absolute Gasteiger partial charge is 0.245 e. The lowest BCUT2D eigenvalue weighted by molar-refractivity contribution is -0.117. The fourth-order valence-electron chi connectivity index (χ4n) is 3.24. The molecular weight excluding hydrogens is 483 g/mol. The van der Waals surface area contributed by atoms with Crippen LogP contribution in [0.2, 0.25) is 10.0 Å². The molecule has 2 N–H and O–H groups in total. The van der Waals surface area contributed by atoms with Crippen LogP contribution in [0.3, 0.4) is 0 Å². The van der Waals surface area contributed by atoms with Crippen LogP contribution in [-0.4, -0.2) is 27.0 Å². The van der Waals surface area contributed by atoms with Crippen LogP contribution in [0.5, 0.6) is 5.75 Å². The minimum atomic E-state index is -4.15. The third-order valence-corrected chi connectivity index (χ3v) is 6.80. The number of nitrogens with one attached hydrogen (secondary N) is 2. The van der Waals surface area contributed by atoms with Crippen LogP contribution in [0.1, 0.15) is 18.1 Å². The van der Waals surface area contributed by atoms with Crippen molar-refractivity contribution in [3.8, 4) is 5.75 Å². The lowest BCUT2D eigenvalue weighted by Gasteiger charge is -2.20. The maximum Gasteiger partial charge on any atom is 0.245 e. The van der Waals surface area contributed by atoms with E-state index in [4.69, 9.17) is 27.9 Å². The number of benzene rings is 3. The summed E-state index contributed by atoms with van der Waals surface area (Å²) in [4.78, 5) is 13.1. The number of anilines is 1. The van der Waals surface area contributed by atoms with Gasteiger partial charge >= 0.3 is 0 Å². The SMILES string of the molecule is CCOc1ccc(Cl)cc1S(=O)(=O)NC(Cc1ccccc1)C(=O)Nc1ccc(Cl)cc1C. The summed E-state index contributed by atoms with van der Waals surface area (Å²) in [6, 6.07) is 17.4. The highest BCUT2D eigenvalue weighted by Gasteiger charge is 2.29. The first kappa shape index (κ1) is 25.1. The Bertz CT molecular complexity index is 1230. The first-order valence-electron chi connectivity index (χ1n) is 10.2. The molecule has 9 heteroatoms. The van der Waals surface area contributed by atoms with Gasteiger partial charge < -0.3 is 10.1 Å². The van der Waals surface area contributed by atoms with E-state index in [1.54, 1.807) is 38.1 Å². The zero-order valence-electron chi connectivity index (χ0n) is 18.1. The highest BCUT2D eigenvalue weighted by atomic mass is 35.5. The van der Waals surface area contributed by atoms with Gasteiger partial charge in [0.05, 0.1) is 6.61 Å². The predicted molar refractivity (Wildman–Crippen MR) is 132 cm³/mol. The van der Waals surface area contributed by atoms with E-state index in [0.29, 0.717) is 10.7 Å². The van der Waals surface area contributed by atoms with E-state index < -0.39 is 22.0 Å². The van der Waals surface area contributed by atoms with E-state index in [1.807, 2.05) is 30.3 Å². The molecule has 174 valence electrons. The number of carbonyl (C=O) groups excluding carboxylic acids is 1. The third kappa shape index (κ3) is 6.71. The molecule has 0 aliphatic rings. The Morgan fingerprint density at radius 2 is 1.67 bits per heavy atom. The summed E-state index contributed by atoms with van der Waals surface area (Å²) in [6.45, 7) is 3.82. The van der Waals surface area contributed by atoms with Gasteiger partial charge in [-0.25, -0.2) is 8.42 Å². The fourth-order valence-corrected chi connectivity index (χ4v) is 5.07. The molecule has 0 saturated heterocycles. The Hall–Kier alpha value is -2.58.